The zero-order valence-corrected chi connectivity index (χ0v) is 9.00. The third-order valence-electron chi connectivity index (χ3n) is 2.85. The van der Waals surface area contributed by atoms with Crippen LogP contribution in [0.3, 0.4) is 0 Å². The number of nitrogens with two attached hydrogens (primary N) is 1. The van der Waals surface area contributed by atoms with Crippen molar-refractivity contribution in [3.05, 3.63) is 0 Å². The minimum atomic E-state index is -0.155. The van der Waals surface area contributed by atoms with Gasteiger partial charge in [0.15, 0.2) is 0 Å². The largest absolute Gasteiger partial charge is 0.466 e. The van der Waals surface area contributed by atoms with Gasteiger partial charge in [0.25, 0.3) is 0 Å². The lowest BCUT2D eigenvalue weighted by atomic mass is 9.97. The van der Waals surface area contributed by atoms with Gasteiger partial charge in [-0.3, -0.25) is 4.79 Å². The van der Waals surface area contributed by atoms with Crippen molar-refractivity contribution in [1.29, 1.82) is 0 Å². The number of carbonyl (C=O) groups excluding carboxylic acids is 1. The zero-order valence-electron chi connectivity index (χ0n) is 9.00. The van der Waals surface area contributed by atoms with E-state index in [2.05, 4.69) is 0 Å². The van der Waals surface area contributed by atoms with Gasteiger partial charge in [0.2, 0.25) is 0 Å². The summed E-state index contributed by atoms with van der Waals surface area (Å²) in [6, 6.07) is -0.00264. The molecule has 1 rings (SSSR count). The Balaban J connectivity index is 2.14. The summed E-state index contributed by atoms with van der Waals surface area (Å²) in [5, 5.41) is 0. The van der Waals surface area contributed by atoms with Crippen molar-refractivity contribution < 1.29 is 9.53 Å². The monoisotopic (exact) mass is 199 g/mol. The maximum Gasteiger partial charge on any atom is 0.307 e. The van der Waals surface area contributed by atoms with E-state index < -0.39 is 0 Å². The standard InChI is InChI=1S/C11H21NO2/c1-2-14-11(13)8-10(12)7-9-5-3-4-6-9/h9-10H,2-8,12H2,1H3. The van der Waals surface area contributed by atoms with Crippen molar-refractivity contribution >= 4 is 5.97 Å². The number of hydrogen-bond donors (Lipinski definition) is 1. The summed E-state index contributed by atoms with van der Waals surface area (Å²) < 4.78 is 4.86. The molecule has 2 N–H and O–H groups in total. The van der Waals surface area contributed by atoms with Gasteiger partial charge >= 0.3 is 5.97 Å². The summed E-state index contributed by atoms with van der Waals surface area (Å²) in [5.74, 6) is 0.595. The van der Waals surface area contributed by atoms with Crippen molar-refractivity contribution in [3.63, 3.8) is 0 Å². The molecular weight excluding hydrogens is 178 g/mol. The number of carbonyl (C=O) groups is 1. The first-order valence-electron chi connectivity index (χ1n) is 5.63. The van der Waals surface area contributed by atoms with Crippen LogP contribution >= 0.6 is 0 Å². The fraction of sp³-hybridized carbons (Fsp3) is 0.909. The van der Waals surface area contributed by atoms with Gasteiger partial charge in [-0.05, 0) is 19.3 Å². The lowest BCUT2D eigenvalue weighted by Gasteiger charge is -2.15. The first-order valence-corrected chi connectivity index (χ1v) is 5.63. The Morgan fingerprint density at radius 2 is 2.14 bits per heavy atom. The second-order valence-electron chi connectivity index (χ2n) is 4.16. The summed E-state index contributed by atoms with van der Waals surface area (Å²) in [7, 11) is 0. The van der Waals surface area contributed by atoms with Crippen LogP contribution in [0.15, 0.2) is 0 Å². The average molecular weight is 199 g/mol. The molecule has 0 saturated heterocycles. The van der Waals surface area contributed by atoms with Crippen LogP contribution in [-0.2, 0) is 9.53 Å². The Kier molecular flexibility index (Phi) is 4.94. The quantitative estimate of drug-likeness (QED) is 0.687. The summed E-state index contributed by atoms with van der Waals surface area (Å²) >= 11 is 0. The molecule has 0 aromatic heterocycles. The van der Waals surface area contributed by atoms with Gasteiger partial charge in [0, 0.05) is 6.04 Å². The van der Waals surface area contributed by atoms with E-state index in [-0.39, 0.29) is 12.0 Å². The molecular formula is C11H21NO2. The maximum atomic E-state index is 11.1. The Morgan fingerprint density at radius 3 is 2.71 bits per heavy atom. The highest BCUT2D eigenvalue weighted by Crippen LogP contribution is 2.28. The fourth-order valence-electron chi connectivity index (χ4n) is 2.19. The van der Waals surface area contributed by atoms with Gasteiger partial charge in [0.05, 0.1) is 13.0 Å². The van der Waals surface area contributed by atoms with E-state index in [1.807, 2.05) is 6.92 Å². The molecule has 1 aliphatic rings. The van der Waals surface area contributed by atoms with E-state index in [9.17, 15) is 4.79 Å². The highest BCUT2D eigenvalue weighted by atomic mass is 16.5. The summed E-state index contributed by atoms with van der Waals surface area (Å²) in [5.41, 5.74) is 5.88. The molecule has 0 bridgehead atoms. The van der Waals surface area contributed by atoms with Crippen LogP contribution in [0.1, 0.15) is 45.4 Å². The molecule has 3 heteroatoms. The molecule has 1 aliphatic carbocycles. The molecule has 3 nitrogen and oxygen atoms in total. The highest BCUT2D eigenvalue weighted by Gasteiger charge is 2.19. The van der Waals surface area contributed by atoms with Crippen molar-refractivity contribution in [2.24, 2.45) is 11.7 Å². The molecule has 0 spiro atoms. The van der Waals surface area contributed by atoms with Gasteiger partial charge in [0.1, 0.15) is 0 Å². The smallest absolute Gasteiger partial charge is 0.307 e. The molecule has 82 valence electrons. The van der Waals surface area contributed by atoms with E-state index in [1.165, 1.54) is 25.7 Å². The van der Waals surface area contributed by atoms with Crippen LogP contribution in [0.2, 0.25) is 0 Å². The molecule has 14 heavy (non-hydrogen) atoms. The molecule has 0 radical (unpaired) electrons. The van der Waals surface area contributed by atoms with Crippen molar-refractivity contribution in [1.82, 2.24) is 0 Å². The van der Waals surface area contributed by atoms with Gasteiger partial charge < -0.3 is 10.5 Å². The van der Waals surface area contributed by atoms with E-state index in [0.717, 1.165) is 12.3 Å². The molecule has 1 fully saturated rings. The summed E-state index contributed by atoms with van der Waals surface area (Å²) in [6.07, 6.45) is 6.60. The van der Waals surface area contributed by atoms with Gasteiger partial charge in [-0.25, -0.2) is 0 Å². The van der Waals surface area contributed by atoms with Crippen LogP contribution in [0.5, 0.6) is 0 Å². The Labute approximate surface area is 86.0 Å². The van der Waals surface area contributed by atoms with Crippen LogP contribution in [0, 0.1) is 5.92 Å². The Bertz CT molecular complexity index is 176. The summed E-state index contributed by atoms with van der Waals surface area (Å²) in [4.78, 5) is 11.1. The third-order valence-corrected chi connectivity index (χ3v) is 2.85. The van der Waals surface area contributed by atoms with Crippen molar-refractivity contribution in [2.75, 3.05) is 6.61 Å². The minimum absolute atomic E-state index is 0.00264. The van der Waals surface area contributed by atoms with Crippen molar-refractivity contribution in [2.45, 2.75) is 51.5 Å². The number of esters is 1. The number of rotatable bonds is 5. The van der Waals surface area contributed by atoms with Gasteiger partial charge in [-0.2, -0.15) is 0 Å². The number of hydrogen-bond acceptors (Lipinski definition) is 3. The average Bonchev–Trinajstić information content (AvgIpc) is 2.56. The zero-order chi connectivity index (χ0) is 10.4. The minimum Gasteiger partial charge on any atom is -0.466 e. The molecule has 0 heterocycles. The molecule has 1 atom stereocenters. The van der Waals surface area contributed by atoms with Crippen LogP contribution in [0.25, 0.3) is 0 Å². The first-order chi connectivity index (χ1) is 6.72. The molecule has 0 amide bonds. The topological polar surface area (TPSA) is 52.3 Å². The normalized spacial score (nSPS) is 19.6. The maximum absolute atomic E-state index is 11.1. The Hall–Kier alpha value is -0.570. The van der Waals surface area contributed by atoms with E-state index in [4.69, 9.17) is 10.5 Å². The lowest BCUT2D eigenvalue weighted by Crippen LogP contribution is -2.27. The highest BCUT2D eigenvalue weighted by molar-refractivity contribution is 5.70. The predicted octanol–water partition coefficient (Wildman–Crippen LogP) is 1.85. The lowest BCUT2D eigenvalue weighted by molar-refractivity contribution is -0.143. The van der Waals surface area contributed by atoms with Crippen LogP contribution in [0.4, 0.5) is 0 Å². The Morgan fingerprint density at radius 1 is 1.50 bits per heavy atom. The van der Waals surface area contributed by atoms with E-state index in [0.29, 0.717) is 13.0 Å². The predicted molar refractivity (Wildman–Crippen MR) is 55.8 cm³/mol. The van der Waals surface area contributed by atoms with Gasteiger partial charge in [-0.1, -0.05) is 25.7 Å². The van der Waals surface area contributed by atoms with E-state index in [1.54, 1.807) is 0 Å². The van der Waals surface area contributed by atoms with Crippen LogP contribution in [-0.4, -0.2) is 18.6 Å². The molecule has 1 unspecified atom stereocenters. The molecule has 1 saturated carbocycles. The second-order valence-corrected chi connectivity index (χ2v) is 4.16. The SMILES string of the molecule is CCOC(=O)CC(N)CC1CCCC1. The van der Waals surface area contributed by atoms with E-state index >= 15 is 0 Å². The number of ether oxygens (including phenoxy) is 1. The molecule has 0 aromatic carbocycles. The second kappa shape index (κ2) is 6.02. The summed E-state index contributed by atoms with van der Waals surface area (Å²) in [6.45, 7) is 2.27. The first kappa shape index (κ1) is 11.5. The van der Waals surface area contributed by atoms with Gasteiger partial charge in [-0.15, -0.1) is 0 Å². The molecule has 0 aromatic rings. The third kappa shape index (κ3) is 4.09. The van der Waals surface area contributed by atoms with Crippen molar-refractivity contribution in [3.8, 4) is 0 Å². The fourth-order valence-corrected chi connectivity index (χ4v) is 2.19. The van der Waals surface area contributed by atoms with Crippen LogP contribution < -0.4 is 5.73 Å². The molecule has 0 aliphatic heterocycles.